The van der Waals surface area contributed by atoms with Crippen molar-refractivity contribution in [3.05, 3.63) is 88.7 Å². The minimum atomic E-state index is -0.878. The number of rotatable bonds is 5. The van der Waals surface area contributed by atoms with Crippen LogP contribution in [0.4, 0.5) is 26.2 Å². The summed E-state index contributed by atoms with van der Waals surface area (Å²) in [5.74, 6) is -1.27. The van der Waals surface area contributed by atoms with Crippen molar-refractivity contribution in [1.29, 1.82) is 5.26 Å². The number of aryl methyl sites for hydroxylation is 2. The highest BCUT2D eigenvalue weighted by Gasteiger charge is 2.34. The normalized spacial score (nSPS) is 14.5. The van der Waals surface area contributed by atoms with Crippen LogP contribution in [0.15, 0.2) is 60.7 Å². The van der Waals surface area contributed by atoms with Crippen LogP contribution in [0.2, 0.25) is 0 Å². The van der Waals surface area contributed by atoms with E-state index >= 15 is 0 Å². The van der Waals surface area contributed by atoms with Gasteiger partial charge in [0.25, 0.3) is 11.8 Å². The molecule has 1 N–H and O–H groups in total. The van der Waals surface area contributed by atoms with Crippen molar-refractivity contribution in [2.75, 3.05) is 34.5 Å². The second-order valence-corrected chi connectivity index (χ2v) is 9.70. The molecular formula is C30H28FN5O4. The van der Waals surface area contributed by atoms with Gasteiger partial charge in [0, 0.05) is 24.3 Å². The third-order valence-electron chi connectivity index (χ3n) is 7.13. The van der Waals surface area contributed by atoms with E-state index in [0.29, 0.717) is 12.1 Å². The highest BCUT2D eigenvalue weighted by molar-refractivity contribution is 6.07. The molecule has 0 saturated carbocycles. The first-order chi connectivity index (χ1) is 19.4. The molecule has 0 aliphatic carbocycles. The number of carbonyl (C=O) groups is 3. The van der Waals surface area contributed by atoms with Crippen molar-refractivity contribution >= 4 is 35.0 Å². The maximum atomic E-state index is 14.7. The van der Waals surface area contributed by atoms with E-state index in [1.54, 1.807) is 18.2 Å². The molecule has 0 fully saturated rings. The van der Waals surface area contributed by atoms with Gasteiger partial charge in [0.2, 0.25) is 0 Å². The summed E-state index contributed by atoms with van der Waals surface area (Å²) in [5.41, 5.74) is 4.30. The number of hydrogen-bond acceptors (Lipinski definition) is 6. The number of amides is 3. The number of hydrogen-bond donors (Lipinski definition) is 1. The van der Waals surface area contributed by atoms with Crippen molar-refractivity contribution in [2.24, 2.45) is 0 Å². The molecule has 0 unspecified atom stereocenters. The summed E-state index contributed by atoms with van der Waals surface area (Å²) in [6.45, 7) is 1.92. The van der Waals surface area contributed by atoms with E-state index < -0.39 is 24.4 Å². The summed E-state index contributed by atoms with van der Waals surface area (Å²) in [4.78, 5) is 46.9. The van der Waals surface area contributed by atoms with Gasteiger partial charge < -0.3 is 15.1 Å². The lowest BCUT2D eigenvalue weighted by atomic mass is 10.0. The quantitative estimate of drug-likeness (QED) is 0.472. The zero-order valence-electron chi connectivity index (χ0n) is 22.0. The number of benzene rings is 3. The Morgan fingerprint density at radius 1 is 1.07 bits per heavy atom. The Morgan fingerprint density at radius 2 is 1.88 bits per heavy atom. The van der Waals surface area contributed by atoms with Crippen LogP contribution in [0, 0.1) is 24.1 Å². The van der Waals surface area contributed by atoms with Gasteiger partial charge in [0.05, 0.1) is 11.8 Å². The highest BCUT2D eigenvalue weighted by atomic mass is 19.1. The van der Waals surface area contributed by atoms with E-state index in [1.165, 1.54) is 23.8 Å². The maximum Gasteiger partial charge on any atom is 0.431 e. The molecular weight excluding hydrogens is 513 g/mol. The Bertz CT molecular complexity index is 1520. The summed E-state index contributed by atoms with van der Waals surface area (Å²) in [5, 5.41) is 12.6. The fourth-order valence-corrected chi connectivity index (χ4v) is 5.10. The lowest BCUT2D eigenvalue weighted by molar-refractivity contribution is -0.118. The molecule has 3 aromatic carbocycles. The number of nitriles is 1. The number of halogens is 1. The minimum absolute atomic E-state index is 0.0720. The molecule has 0 atom stereocenters. The van der Waals surface area contributed by atoms with E-state index in [1.807, 2.05) is 36.1 Å². The van der Waals surface area contributed by atoms with Gasteiger partial charge in [0.15, 0.2) is 5.82 Å². The maximum absolute atomic E-state index is 14.7. The molecule has 5 rings (SSSR count). The van der Waals surface area contributed by atoms with Crippen molar-refractivity contribution in [1.82, 2.24) is 5.32 Å². The molecule has 2 heterocycles. The van der Waals surface area contributed by atoms with Crippen molar-refractivity contribution < 1.29 is 23.6 Å². The molecule has 3 aromatic rings. The lowest BCUT2D eigenvalue weighted by Gasteiger charge is -2.34. The molecule has 0 spiro atoms. The van der Waals surface area contributed by atoms with E-state index in [9.17, 15) is 18.8 Å². The second kappa shape index (κ2) is 11.5. The molecule has 10 heteroatoms. The predicted molar refractivity (Wildman–Crippen MR) is 147 cm³/mol. The summed E-state index contributed by atoms with van der Waals surface area (Å²) < 4.78 is 14.7. The molecule has 2 aliphatic rings. The van der Waals surface area contributed by atoms with Crippen LogP contribution in [-0.4, -0.2) is 37.5 Å². The Kier molecular flexibility index (Phi) is 7.64. The Labute approximate surface area is 231 Å². The van der Waals surface area contributed by atoms with Gasteiger partial charge in [-0.05, 0) is 73.2 Å². The van der Waals surface area contributed by atoms with E-state index in [0.717, 1.165) is 46.0 Å². The van der Waals surface area contributed by atoms with Gasteiger partial charge in [-0.3, -0.25) is 14.5 Å². The Balaban J connectivity index is 1.26. The SMILES string of the molecule is Cc1cc(C(=O)N2CCCCc3ccccc32)ccc1CNC(=O)ON1CC(=O)N(CC#N)c2cccc(F)c21. The number of carbonyl (C=O) groups excluding carboxylic acids is 3. The Hall–Kier alpha value is -4.91. The monoisotopic (exact) mass is 541 g/mol. The molecule has 0 aromatic heterocycles. The first kappa shape index (κ1) is 26.7. The van der Waals surface area contributed by atoms with E-state index in [-0.39, 0.29) is 30.4 Å². The van der Waals surface area contributed by atoms with Crippen LogP contribution in [0.3, 0.4) is 0 Å². The number of nitrogens with one attached hydrogen (secondary N) is 1. The average molecular weight is 542 g/mol. The van der Waals surface area contributed by atoms with Crippen LogP contribution in [0.1, 0.15) is 39.9 Å². The van der Waals surface area contributed by atoms with Gasteiger partial charge in [-0.25, -0.2) is 9.18 Å². The molecule has 3 amide bonds. The van der Waals surface area contributed by atoms with Gasteiger partial charge in [0.1, 0.15) is 18.8 Å². The summed E-state index contributed by atoms with van der Waals surface area (Å²) in [6, 6.07) is 19.3. The average Bonchev–Trinajstić information content (AvgIpc) is 3.16. The number of fused-ring (bicyclic) bond motifs is 2. The summed E-state index contributed by atoms with van der Waals surface area (Å²) >= 11 is 0. The van der Waals surface area contributed by atoms with Crippen molar-refractivity contribution in [3.63, 3.8) is 0 Å². The van der Waals surface area contributed by atoms with E-state index in [2.05, 4.69) is 11.4 Å². The third-order valence-corrected chi connectivity index (χ3v) is 7.13. The summed E-state index contributed by atoms with van der Waals surface area (Å²) in [6.07, 6.45) is 2.03. The standard InChI is InChI=1S/C30H28FN5O4/c1-20-17-22(29(38)35-15-5-4-8-21-7-2-3-10-25(21)35)12-13-23(20)18-33-30(39)40-36-19-27(37)34(16-14-32)26-11-6-9-24(31)28(26)36/h2-3,6-7,9-13,17H,4-5,8,15-16,18-19H2,1H3,(H,33,39). The number of nitrogens with zero attached hydrogens (tertiary/aromatic N) is 4. The van der Waals surface area contributed by atoms with E-state index in [4.69, 9.17) is 10.1 Å². The Morgan fingerprint density at radius 3 is 2.67 bits per heavy atom. The molecule has 204 valence electrons. The fraction of sp³-hybridized carbons (Fsp3) is 0.267. The van der Waals surface area contributed by atoms with Crippen molar-refractivity contribution in [3.8, 4) is 6.07 Å². The van der Waals surface area contributed by atoms with Gasteiger partial charge in [-0.1, -0.05) is 30.3 Å². The lowest BCUT2D eigenvalue weighted by Crippen LogP contribution is -2.48. The minimum Gasteiger partial charge on any atom is -0.321 e. The number of hydroxylamine groups is 1. The molecule has 9 nitrogen and oxygen atoms in total. The zero-order valence-corrected chi connectivity index (χ0v) is 22.0. The van der Waals surface area contributed by atoms with Crippen LogP contribution < -0.4 is 20.2 Å². The first-order valence-corrected chi connectivity index (χ1v) is 13.1. The number of para-hydroxylation sites is 2. The molecule has 2 aliphatic heterocycles. The zero-order chi connectivity index (χ0) is 28.2. The van der Waals surface area contributed by atoms with Crippen LogP contribution in [-0.2, 0) is 22.6 Å². The summed E-state index contributed by atoms with van der Waals surface area (Å²) in [7, 11) is 0. The van der Waals surface area contributed by atoms with Crippen LogP contribution in [0.5, 0.6) is 0 Å². The topological polar surface area (TPSA) is 106 Å². The number of anilines is 3. The first-order valence-electron chi connectivity index (χ1n) is 13.1. The smallest absolute Gasteiger partial charge is 0.321 e. The van der Waals surface area contributed by atoms with Gasteiger partial charge in [-0.2, -0.15) is 10.3 Å². The van der Waals surface area contributed by atoms with Gasteiger partial charge >= 0.3 is 6.09 Å². The van der Waals surface area contributed by atoms with Crippen LogP contribution >= 0.6 is 0 Å². The van der Waals surface area contributed by atoms with Gasteiger partial charge in [-0.15, -0.1) is 0 Å². The van der Waals surface area contributed by atoms with Crippen molar-refractivity contribution in [2.45, 2.75) is 32.7 Å². The second-order valence-electron chi connectivity index (χ2n) is 9.70. The molecule has 40 heavy (non-hydrogen) atoms. The fourth-order valence-electron chi connectivity index (χ4n) is 5.10. The molecule has 0 bridgehead atoms. The highest BCUT2D eigenvalue weighted by Crippen LogP contribution is 2.36. The van der Waals surface area contributed by atoms with Crippen LogP contribution in [0.25, 0.3) is 0 Å². The molecule has 0 saturated heterocycles. The largest absolute Gasteiger partial charge is 0.431 e. The third kappa shape index (κ3) is 5.31. The molecule has 0 radical (unpaired) electrons. The predicted octanol–water partition coefficient (Wildman–Crippen LogP) is 4.64.